The molecule has 0 bridgehead atoms. The van der Waals surface area contributed by atoms with Crippen LogP contribution in [0.4, 0.5) is 0 Å². The molecule has 0 atom stereocenters. The number of fused-ring (bicyclic) bond motifs is 1. The van der Waals surface area contributed by atoms with E-state index < -0.39 is 0 Å². The van der Waals surface area contributed by atoms with Crippen LogP contribution in [0.2, 0.25) is 0 Å². The number of rotatable bonds is 4. The fourth-order valence-corrected chi connectivity index (χ4v) is 3.31. The third kappa shape index (κ3) is 3.80. The normalized spacial score (nSPS) is 10.8. The third-order valence-corrected chi connectivity index (χ3v) is 4.91. The molecule has 0 aliphatic heterocycles. The van der Waals surface area contributed by atoms with Gasteiger partial charge >= 0.3 is 0 Å². The quantitative estimate of drug-likeness (QED) is 0.536. The molecule has 2 aromatic carbocycles. The van der Waals surface area contributed by atoms with Crippen molar-refractivity contribution in [1.82, 2.24) is 14.3 Å². The maximum atomic E-state index is 12.9. The van der Waals surface area contributed by atoms with Crippen molar-refractivity contribution < 1.29 is 4.79 Å². The molecular weight excluding hydrogens is 362 g/mol. The molecule has 144 valence electrons. The zero-order valence-electron chi connectivity index (χ0n) is 16.4. The number of carbonyl (C=O) groups excluding carboxylic acids is 1. The number of hydrogen-bond donors (Lipinski definition) is 0. The van der Waals surface area contributed by atoms with Gasteiger partial charge in [0.15, 0.2) is 0 Å². The number of aromatic nitrogens is 2. The predicted molar refractivity (Wildman–Crippen MR) is 114 cm³/mol. The van der Waals surface area contributed by atoms with Crippen molar-refractivity contribution in [3.63, 3.8) is 0 Å². The first kappa shape index (κ1) is 18.6. The molecule has 5 nitrogen and oxygen atoms in total. The van der Waals surface area contributed by atoms with Crippen molar-refractivity contribution in [3.05, 3.63) is 106 Å². The number of carbonyl (C=O) groups is 1. The van der Waals surface area contributed by atoms with Crippen LogP contribution >= 0.6 is 0 Å². The van der Waals surface area contributed by atoms with E-state index in [0.29, 0.717) is 12.2 Å². The average molecular weight is 383 g/mol. The molecule has 0 saturated heterocycles. The molecule has 4 aromatic rings. The Morgan fingerprint density at radius 1 is 0.966 bits per heavy atom. The van der Waals surface area contributed by atoms with E-state index in [1.54, 1.807) is 19.3 Å². The van der Waals surface area contributed by atoms with Crippen molar-refractivity contribution in [2.24, 2.45) is 0 Å². The van der Waals surface area contributed by atoms with Gasteiger partial charge in [-0.1, -0.05) is 60.7 Å². The minimum Gasteiger partial charge on any atom is -0.337 e. The van der Waals surface area contributed by atoms with Crippen molar-refractivity contribution in [2.45, 2.75) is 13.5 Å². The van der Waals surface area contributed by atoms with Crippen molar-refractivity contribution in [3.8, 4) is 11.1 Å². The number of pyridine rings is 1. The summed E-state index contributed by atoms with van der Waals surface area (Å²) < 4.78 is 1.42. The van der Waals surface area contributed by atoms with Crippen LogP contribution in [0.5, 0.6) is 0 Å². The van der Waals surface area contributed by atoms with E-state index in [2.05, 4.69) is 17.1 Å². The summed E-state index contributed by atoms with van der Waals surface area (Å²) in [5.41, 5.74) is 4.43. The summed E-state index contributed by atoms with van der Waals surface area (Å²) in [6, 6.07) is 21.9. The molecule has 2 aromatic heterocycles. The Kier molecular flexibility index (Phi) is 4.96. The molecule has 0 spiro atoms. The molecule has 0 N–H and O–H groups in total. The van der Waals surface area contributed by atoms with Crippen LogP contribution < -0.4 is 5.56 Å². The highest BCUT2D eigenvalue weighted by Crippen LogP contribution is 2.19. The first-order valence-electron chi connectivity index (χ1n) is 9.41. The van der Waals surface area contributed by atoms with Crippen LogP contribution in [-0.4, -0.2) is 27.2 Å². The first-order valence-corrected chi connectivity index (χ1v) is 9.41. The smallest absolute Gasteiger partial charge is 0.270 e. The maximum Gasteiger partial charge on any atom is 0.270 e. The van der Waals surface area contributed by atoms with Crippen molar-refractivity contribution in [1.29, 1.82) is 0 Å². The Hall–Kier alpha value is -3.73. The van der Waals surface area contributed by atoms with Gasteiger partial charge in [0.25, 0.3) is 11.5 Å². The van der Waals surface area contributed by atoms with Gasteiger partial charge in [-0.25, -0.2) is 4.98 Å². The molecular formula is C24H21N3O2. The molecule has 5 heteroatoms. The van der Waals surface area contributed by atoms with Gasteiger partial charge in [0.2, 0.25) is 0 Å². The van der Waals surface area contributed by atoms with E-state index in [0.717, 1.165) is 22.3 Å². The Labute approximate surface area is 168 Å². The van der Waals surface area contributed by atoms with Gasteiger partial charge in [-0.15, -0.1) is 0 Å². The summed E-state index contributed by atoms with van der Waals surface area (Å²) in [7, 11) is 1.69. The molecule has 0 unspecified atom stereocenters. The second kappa shape index (κ2) is 7.72. The fraction of sp³-hybridized carbons (Fsp3) is 0.125. The van der Waals surface area contributed by atoms with Crippen LogP contribution in [0.1, 0.15) is 21.5 Å². The summed E-state index contributed by atoms with van der Waals surface area (Å²) in [5, 5.41) is 0. The van der Waals surface area contributed by atoms with E-state index in [4.69, 9.17) is 0 Å². The van der Waals surface area contributed by atoms with Crippen molar-refractivity contribution >= 4 is 11.6 Å². The zero-order valence-corrected chi connectivity index (χ0v) is 16.4. The lowest BCUT2D eigenvalue weighted by Gasteiger charge is -2.17. The lowest BCUT2D eigenvalue weighted by molar-refractivity contribution is 0.0782. The molecule has 0 aliphatic carbocycles. The van der Waals surface area contributed by atoms with Gasteiger partial charge in [-0.3, -0.25) is 14.0 Å². The topological polar surface area (TPSA) is 54.7 Å². The highest BCUT2D eigenvalue weighted by molar-refractivity contribution is 5.93. The SMILES string of the molecule is Cc1ccc2ncc(C(=O)N(C)Cc3ccc(-c4ccccc4)cc3)c(=O)n2c1. The highest BCUT2D eigenvalue weighted by Gasteiger charge is 2.18. The molecule has 4 rings (SSSR count). The Bertz CT molecular complexity index is 1230. The van der Waals surface area contributed by atoms with Gasteiger partial charge in [0.1, 0.15) is 11.2 Å². The number of amides is 1. The summed E-state index contributed by atoms with van der Waals surface area (Å²) in [6.07, 6.45) is 3.06. The summed E-state index contributed by atoms with van der Waals surface area (Å²) in [4.78, 5) is 31.4. The fourth-order valence-electron chi connectivity index (χ4n) is 3.31. The minimum atomic E-state index is -0.352. The molecule has 0 aliphatic rings. The van der Waals surface area contributed by atoms with Gasteiger partial charge < -0.3 is 4.90 Å². The van der Waals surface area contributed by atoms with Gasteiger partial charge in [0.05, 0.1) is 0 Å². The second-order valence-corrected chi connectivity index (χ2v) is 7.14. The first-order chi connectivity index (χ1) is 14.0. The largest absolute Gasteiger partial charge is 0.337 e. The maximum absolute atomic E-state index is 12.9. The summed E-state index contributed by atoms with van der Waals surface area (Å²) >= 11 is 0. The summed E-state index contributed by atoms with van der Waals surface area (Å²) in [5.74, 6) is -0.342. The molecule has 0 saturated carbocycles. The van der Waals surface area contributed by atoms with Gasteiger partial charge in [-0.2, -0.15) is 0 Å². The highest BCUT2D eigenvalue weighted by atomic mass is 16.2. The molecule has 2 heterocycles. The molecule has 1 amide bonds. The van der Waals surface area contributed by atoms with Crippen LogP contribution in [0.3, 0.4) is 0 Å². The van der Waals surface area contributed by atoms with Crippen LogP contribution in [-0.2, 0) is 6.54 Å². The Morgan fingerprint density at radius 3 is 2.38 bits per heavy atom. The Balaban J connectivity index is 1.55. The van der Waals surface area contributed by atoms with Crippen LogP contribution in [0.15, 0.2) is 83.9 Å². The lowest BCUT2D eigenvalue weighted by Crippen LogP contribution is -2.33. The van der Waals surface area contributed by atoms with E-state index in [9.17, 15) is 9.59 Å². The van der Waals surface area contributed by atoms with Gasteiger partial charge in [-0.05, 0) is 35.2 Å². The number of aryl methyl sites for hydroxylation is 1. The van der Waals surface area contributed by atoms with Crippen LogP contribution in [0, 0.1) is 6.92 Å². The number of hydrogen-bond acceptors (Lipinski definition) is 3. The lowest BCUT2D eigenvalue weighted by atomic mass is 10.0. The average Bonchev–Trinajstić information content (AvgIpc) is 2.75. The van der Waals surface area contributed by atoms with E-state index >= 15 is 0 Å². The predicted octanol–water partition coefficient (Wildman–Crippen LogP) is 3.94. The monoisotopic (exact) mass is 383 g/mol. The van der Waals surface area contributed by atoms with E-state index in [1.807, 2.05) is 55.5 Å². The number of nitrogens with zero attached hydrogens (tertiary/aromatic N) is 3. The summed E-state index contributed by atoms with van der Waals surface area (Å²) in [6.45, 7) is 2.30. The minimum absolute atomic E-state index is 0.0662. The second-order valence-electron chi connectivity index (χ2n) is 7.14. The Morgan fingerprint density at radius 2 is 1.66 bits per heavy atom. The van der Waals surface area contributed by atoms with Crippen molar-refractivity contribution in [2.75, 3.05) is 7.05 Å². The standard InChI is InChI=1S/C24H21N3O2/c1-17-8-13-22-25-14-21(24(29)27(22)15-17)23(28)26(2)16-18-9-11-20(12-10-18)19-6-4-3-5-7-19/h3-15H,16H2,1-2H3. The van der Waals surface area contributed by atoms with E-state index in [-0.39, 0.29) is 17.0 Å². The van der Waals surface area contributed by atoms with Gasteiger partial charge in [0, 0.05) is 26.0 Å². The third-order valence-electron chi connectivity index (χ3n) is 4.91. The van der Waals surface area contributed by atoms with E-state index in [1.165, 1.54) is 15.5 Å². The molecule has 0 fully saturated rings. The molecule has 0 radical (unpaired) electrons. The number of benzene rings is 2. The van der Waals surface area contributed by atoms with Crippen LogP contribution in [0.25, 0.3) is 16.8 Å². The molecule has 29 heavy (non-hydrogen) atoms. The zero-order chi connectivity index (χ0) is 20.4.